The van der Waals surface area contributed by atoms with Crippen molar-refractivity contribution in [1.82, 2.24) is 5.32 Å². The topological polar surface area (TPSA) is 49.3 Å². The van der Waals surface area contributed by atoms with Crippen LogP contribution in [0, 0.1) is 5.41 Å². The summed E-state index contributed by atoms with van der Waals surface area (Å²) in [6, 6.07) is 7.28. The molecule has 1 aromatic rings. The summed E-state index contributed by atoms with van der Waals surface area (Å²) in [6.07, 6.45) is 0.136. The zero-order chi connectivity index (χ0) is 13.8. The molecule has 0 saturated heterocycles. The van der Waals surface area contributed by atoms with Gasteiger partial charge in [0, 0.05) is 11.0 Å². The monoisotopic (exact) mass is 313 g/mol. The summed E-state index contributed by atoms with van der Waals surface area (Å²) in [5.74, 6) is -0.122. The highest BCUT2D eigenvalue weighted by Gasteiger charge is 2.21. The maximum Gasteiger partial charge on any atom is 0.252 e. The standard InChI is InChI=1S/C14H20BrNO2/c1-14(2,3)12(17)8-9-16-13(18)10-6-4-5-7-11(10)15/h4-7,12,17H,8-9H2,1-3H3,(H,16,18)/t12-/m1/s1. The summed E-state index contributed by atoms with van der Waals surface area (Å²) in [6.45, 7) is 6.41. The van der Waals surface area contributed by atoms with Gasteiger partial charge in [0.25, 0.3) is 5.91 Å². The second-order valence-electron chi connectivity index (χ2n) is 5.41. The van der Waals surface area contributed by atoms with E-state index in [-0.39, 0.29) is 11.3 Å². The van der Waals surface area contributed by atoms with Crippen LogP contribution in [0.4, 0.5) is 0 Å². The summed E-state index contributed by atoms with van der Waals surface area (Å²) in [4.78, 5) is 11.9. The molecule has 0 fully saturated rings. The number of hydrogen-bond acceptors (Lipinski definition) is 2. The molecule has 18 heavy (non-hydrogen) atoms. The van der Waals surface area contributed by atoms with Crippen LogP contribution in [0.5, 0.6) is 0 Å². The molecular weight excluding hydrogens is 294 g/mol. The molecule has 0 saturated carbocycles. The Labute approximate surface area is 117 Å². The number of carbonyl (C=O) groups is 1. The van der Waals surface area contributed by atoms with Crippen LogP contribution < -0.4 is 5.32 Å². The van der Waals surface area contributed by atoms with Gasteiger partial charge < -0.3 is 10.4 Å². The molecule has 0 aliphatic rings. The minimum atomic E-state index is -0.419. The number of hydrogen-bond donors (Lipinski definition) is 2. The Bertz CT molecular complexity index is 413. The Kier molecular flexibility index (Phi) is 5.35. The first-order valence-electron chi connectivity index (χ1n) is 6.03. The molecule has 1 aromatic carbocycles. The maximum absolute atomic E-state index is 11.9. The Morgan fingerprint density at radius 1 is 1.39 bits per heavy atom. The summed E-state index contributed by atoms with van der Waals surface area (Å²) >= 11 is 3.34. The van der Waals surface area contributed by atoms with Gasteiger partial charge in [-0.1, -0.05) is 32.9 Å². The molecule has 4 heteroatoms. The van der Waals surface area contributed by atoms with Crippen molar-refractivity contribution in [1.29, 1.82) is 0 Å². The SMILES string of the molecule is CC(C)(C)[C@H](O)CCNC(=O)c1ccccc1Br. The molecule has 1 amide bonds. The molecule has 0 aliphatic heterocycles. The molecule has 1 rings (SSSR count). The molecular formula is C14H20BrNO2. The van der Waals surface area contributed by atoms with Gasteiger partial charge in [-0.3, -0.25) is 4.79 Å². The molecule has 0 aromatic heterocycles. The quantitative estimate of drug-likeness (QED) is 0.897. The smallest absolute Gasteiger partial charge is 0.252 e. The zero-order valence-corrected chi connectivity index (χ0v) is 12.6. The summed E-state index contributed by atoms with van der Waals surface area (Å²) < 4.78 is 0.777. The molecule has 0 radical (unpaired) electrons. The second-order valence-corrected chi connectivity index (χ2v) is 6.26. The fourth-order valence-electron chi connectivity index (χ4n) is 1.50. The highest BCUT2D eigenvalue weighted by molar-refractivity contribution is 9.10. The van der Waals surface area contributed by atoms with Crippen molar-refractivity contribution in [3.05, 3.63) is 34.3 Å². The number of amides is 1. The van der Waals surface area contributed by atoms with Crippen LogP contribution in [0.1, 0.15) is 37.6 Å². The Morgan fingerprint density at radius 2 is 2.00 bits per heavy atom. The number of rotatable bonds is 4. The van der Waals surface area contributed by atoms with Gasteiger partial charge >= 0.3 is 0 Å². The molecule has 0 bridgehead atoms. The van der Waals surface area contributed by atoms with Gasteiger partial charge in [0.15, 0.2) is 0 Å². The van der Waals surface area contributed by atoms with E-state index in [0.717, 1.165) is 4.47 Å². The average molecular weight is 314 g/mol. The van der Waals surface area contributed by atoms with E-state index in [1.807, 2.05) is 39.0 Å². The number of aliphatic hydroxyl groups excluding tert-OH is 1. The fraction of sp³-hybridized carbons (Fsp3) is 0.500. The van der Waals surface area contributed by atoms with E-state index in [9.17, 15) is 9.90 Å². The van der Waals surface area contributed by atoms with Crippen LogP contribution >= 0.6 is 15.9 Å². The Morgan fingerprint density at radius 3 is 2.56 bits per heavy atom. The Hall–Kier alpha value is -0.870. The van der Waals surface area contributed by atoms with Crippen LogP contribution in [0.3, 0.4) is 0 Å². The zero-order valence-electron chi connectivity index (χ0n) is 11.0. The van der Waals surface area contributed by atoms with Crippen LogP contribution in [0.25, 0.3) is 0 Å². The van der Waals surface area contributed by atoms with Crippen LogP contribution in [-0.4, -0.2) is 23.7 Å². The highest BCUT2D eigenvalue weighted by atomic mass is 79.9. The van der Waals surface area contributed by atoms with E-state index < -0.39 is 6.10 Å². The number of aliphatic hydroxyl groups is 1. The molecule has 100 valence electrons. The van der Waals surface area contributed by atoms with Crippen molar-refractivity contribution >= 4 is 21.8 Å². The van der Waals surface area contributed by atoms with E-state index in [2.05, 4.69) is 21.2 Å². The average Bonchev–Trinajstić information content (AvgIpc) is 2.28. The normalized spacial score (nSPS) is 13.2. The first-order valence-corrected chi connectivity index (χ1v) is 6.82. The van der Waals surface area contributed by atoms with Crippen LogP contribution in [0.2, 0.25) is 0 Å². The number of carbonyl (C=O) groups excluding carboxylic acids is 1. The number of halogens is 1. The van der Waals surface area contributed by atoms with Crippen molar-refractivity contribution in [3.8, 4) is 0 Å². The predicted octanol–water partition coefficient (Wildman–Crippen LogP) is 2.98. The lowest BCUT2D eigenvalue weighted by Crippen LogP contribution is -2.32. The summed E-state index contributed by atoms with van der Waals surface area (Å²) in [5, 5.41) is 12.7. The summed E-state index contributed by atoms with van der Waals surface area (Å²) in [5.41, 5.74) is 0.459. The maximum atomic E-state index is 11.9. The van der Waals surface area contributed by atoms with Crippen molar-refractivity contribution in [2.75, 3.05) is 6.54 Å². The largest absolute Gasteiger partial charge is 0.393 e. The van der Waals surface area contributed by atoms with Crippen molar-refractivity contribution < 1.29 is 9.90 Å². The van der Waals surface area contributed by atoms with E-state index in [4.69, 9.17) is 0 Å². The molecule has 0 heterocycles. The molecule has 2 N–H and O–H groups in total. The lowest BCUT2D eigenvalue weighted by molar-refractivity contribution is 0.0551. The molecule has 3 nitrogen and oxygen atoms in total. The fourth-order valence-corrected chi connectivity index (χ4v) is 1.96. The van der Waals surface area contributed by atoms with Gasteiger partial charge in [-0.25, -0.2) is 0 Å². The van der Waals surface area contributed by atoms with Crippen molar-refractivity contribution in [3.63, 3.8) is 0 Å². The third kappa shape index (κ3) is 4.42. The van der Waals surface area contributed by atoms with E-state index in [1.165, 1.54) is 0 Å². The predicted molar refractivity (Wildman–Crippen MR) is 76.6 cm³/mol. The first-order chi connectivity index (χ1) is 8.32. The van der Waals surface area contributed by atoms with E-state index >= 15 is 0 Å². The second kappa shape index (κ2) is 6.34. The van der Waals surface area contributed by atoms with Crippen molar-refractivity contribution in [2.24, 2.45) is 5.41 Å². The van der Waals surface area contributed by atoms with Crippen molar-refractivity contribution in [2.45, 2.75) is 33.3 Å². The minimum Gasteiger partial charge on any atom is -0.393 e. The van der Waals surface area contributed by atoms with Gasteiger partial charge in [0.2, 0.25) is 0 Å². The molecule has 0 spiro atoms. The van der Waals surface area contributed by atoms with Gasteiger partial charge in [0.1, 0.15) is 0 Å². The van der Waals surface area contributed by atoms with Crippen LogP contribution in [-0.2, 0) is 0 Å². The number of benzene rings is 1. The van der Waals surface area contributed by atoms with Gasteiger partial charge in [-0.05, 0) is 39.9 Å². The minimum absolute atomic E-state index is 0.122. The lowest BCUT2D eigenvalue weighted by Gasteiger charge is -2.25. The highest BCUT2D eigenvalue weighted by Crippen LogP contribution is 2.21. The Balaban J connectivity index is 2.46. The van der Waals surface area contributed by atoms with Gasteiger partial charge in [-0.15, -0.1) is 0 Å². The third-order valence-corrected chi connectivity index (χ3v) is 3.51. The van der Waals surface area contributed by atoms with Crippen LogP contribution in [0.15, 0.2) is 28.7 Å². The van der Waals surface area contributed by atoms with E-state index in [1.54, 1.807) is 6.07 Å². The number of nitrogens with one attached hydrogen (secondary N) is 1. The van der Waals surface area contributed by atoms with Gasteiger partial charge in [0.05, 0.1) is 11.7 Å². The molecule has 0 aliphatic carbocycles. The summed E-state index contributed by atoms with van der Waals surface area (Å²) in [7, 11) is 0. The molecule has 0 unspecified atom stereocenters. The third-order valence-electron chi connectivity index (χ3n) is 2.82. The van der Waals surface area contributed by atoms with Gasteiger partial charge in [-0.2, -0.15) is 0 Å². The van der Waals surface area contributed by atoms with E-state index in [0.29, 0.717) is 18.5 Å². The first kappa shape index (κ1) is 15.2. The molecule has 1 atom stereocenters. The lowest BCUT2D eigenvalue weighted by atomic mass is 9.87.